The number of benzene rings is 2. The van der Waals surface area contributed by atoms with Crippen LogP contribution >= 0.6 is 0 Å². The molecular formula is C21H22N2O3. The van der Waals surface area contributed by atoms with Crippen LogP contribution in [0.15, 0.2) is 53.3 Å². The monoisotopic (exact) mass is 350 g/mol. The minimum Gasteiger partial charge on any atom is -0.395 e. The third-order valence-electron chi connectivity index (χ3n) is 4.36. The summed E-state index contributed by atoms with van der Waals surface area (Å²) in [4.78, 5) is 29.6. The Morgan fingerprint density at radius 1 is 1.08 bits per heavy atom. The van der Waals surface area contributed by atoms with Crippen LogP contribution < -0.4 is 5.56 Å². The van der Waals surface area contributed by atoms with E-state index in [1.165, 1.54) is 4.90 Å². The smallest absolute Gasteiger partial charge is 0.254 e. The molecule has 0 aliphatic heterocycles. The number of rotatable bonds is 5. The number of amides is 1. The summed E-state index contributed by atoms with van der Waals surface area (Å²) in [5, 5.41) is 10.3. The highest BCUT2D eigenvalue weighted by Crippen LogP contribution is 2.15. The van der Waals surface area contributed by atoms with Crippen molar-refractivity contribution in [3.05, 3.63) is 81.1 Å². The van der Waals surface area contributed by atoms with Crippen LogP contribution in [-0.4, -0.2) is 34.0 Å². The van der Waals surface area contributed by atoms with Crippen LogP contribution in [0.2, 0.25) is 0 Å². The molecule has 1 aromatic heterocycles. The largest absolute Gasteiger partial charge is 0.395 e. The standard InChI is InChI=1S/C21H22N2O3/c1-14-4-3-5-16(10-14)21(26)23(8-9-24)13-18-12-17-11-15(2)6-7-19(17)22-20(18)25/h3-7,10-12,24H,8-9,13H2,1-2H3,(H,22,25). The van der Waals surface area contributed by atoms with E-state index in [9.17, 15) is 14.7 Å². The molecule has 1 heterocycles. The second-order valence-electron chi connectivity index (χ2n) is 6.53. The average Bonchev–Trinajstić information content (AvgIpc) is 2.61. The van der Waals surface area contributed by atoms with Crippen molar-refractivity contribution in [2.45, 2.75) is 20.4 Å². The van der Waals surface area contributed by atoms with Gasteiger partial charge in [-0.1, -0.05) is 29.3 Å². The number of nitrogens with one attached hydrogen (secondary N) is 1. The van der Waals surface area contributed by atoms with Crippen molar-refractivity contribution < 1.29 is 9.90 Å². The lowest BCUT2D eigenvalue weighted by Crippen LogP contribution is -2.35. The van der Waals surface area contributed by atoms with Crippen molar-refractivity contribution in [2.75, 3.05) is 13.2 Å². The first-order chi connectivity index (χ1) is 12.5. The van der Waals surface area contributed by atoms with Crippen LogP contribution in [-0.2, 0) is 6.54 Å². The molecule has 5 nitrogen and oxygen atoms in total. The van der Waals surface area contributed by atoms with E-state index in [2.05, 4.69) is 4.98 Å². The van der Waals surface area contributed by atoms with Crippen molar-refractivity contribution in [2.24, 2.45) is 0 Å². The second kappa shape index (κ2) is 7.54. The molecule has 2 N–H and O–H groups in total. The Kier molecular flexibility index (Phi) is 5.19. The fourth-order valence-corrected chi connectivity index (χ4v) is 3.03. The van der Waals surface area contributed by atoms with Crippen molar-refractivity contribution in [3.8, 4) is 0 Å². The summed E-state index contributed by atoms with van der Waals surface area (Å²) in [5.41, 5.74) is 3.67. The Bertz CT molecular complexity index is 1010. The van der Waals surface area contributed by atoms with E-state index >= 15 is 0 Å². The molecule has 0 saturated heterocycles. The molecule has 0 atom stereocenters. The summed E-state index contributed by atoms with van der Waals surface area (Å²) in [6.45, 7) is 4.06. The van der Waals surface area contributed by atoms with Crippen LogP contribution in [0.3, 0.4) is 0 Å². The first-order valence-electron chi connectivity index (χ1n) is 8.57. The molecule has 0 bridgehead atoms. The maximum Gasteiger partial charge on any atom is 0.254 e. The van der Waals surface area contributed by atoms with Gasteiger partial charge in [0.2, 0.25) is 0 Å². The van der Waals surface area contributed by atoms with Gasteiger partial charge in [0.15, 0.2) is 0 Å². The maximum absolute atomic E-state index is 12.8. The molecule has 1 amide bonds. The van der Waals surface area contributed by atoms with Gasteiger partial charge in [0.25, 0.3) is 11.5 Å². The van der Waals surface area contributed by atoms with Gasteiger partial charge in [0.05, 0.1) is 13.2 Å². The Morgan fingerprint density at radius 3 is 2.58 bits per heavy atom. The molecule has 5 heteroatoms. The van der Waals surface area contributed by atoms with Gasteiger partial charge in [-0.05, 0) is 49.6 Å². The first kappa shape index (κ1) is 17.9. The molecule has 3 aromatic rings. The predicted molar refractivity (Wildman–Crippen MR) is 102 cm³/mol. The second-order valence-corrected chi connectivity index (χ2v) is 6.53. The van der Waals surface area contributed by atoms with Crippen molar-refractivity contribution in [3.63, 3.8) is 0 Å². The molecule has 2 aromatic carbocycles. The van der Waals surface area contributed by atoms with Crippen molar-refractivity contribution in [1.82, 2.24) is 9.88 Å². The molecule has 0 aliphatic carbocycles. The van der Waals surface area contributed by atoms with Gasteiger partial charge in [0.1, 0.15) is 0 Å². The van der Waals surface area contributed by atoms with E-state index in [1.807, 2.05) is 50.2 Å². The van der Waals surface area contributed by atoms with Gasteiger partial charge in [-0.15, -0.1) is 0 Å². The van der Waals surface area contributed by atoms with Crippen molar-refractivity contribution >= 4 is 16.8 Å². The van der Waals surface area contributed by atoms with E-state index in [1.54, 1.807) is 12.1 Å². The lowest BCUT2D eigenvalue weighted by molar-refractivity contribution is 0.0707. The van der Waals surface area contributed by atoms with E-state index in [0.717, 1.165) is 22.0 Å². The summed E-state index contributed by atoms with van der Waals surface area (Å²) in [6, 6.07) is 14.9. The third kappa shape index (κ3) is 3.83. The van der Waals surface area contributed by atoms with Crippen LogP contribution in [0, 0.1) is 13.8 Å². The Hall–Kier alpha value is -2.92. The molecule has 0 aliphatic rings. The number of aliphatic hydroxyl groups excluding tert-OH is 1. The molecule has 0 saturated carbocycles. The number of aromatic amines is 1. The van der Waals surface area contributed by atoms with Crippen LogP contribution in [0.5, 0.6) is 0 Å². The number of aryl methyl sites for hydroxylation is 2. The van der Waals surface area contributed by atoms with E-state index < -0.39 is 0 Å². The number of aromatic nitrogens is 1. The first-order valence-corrected chi connectivity index (χ1v) is 8.57. The van der Waals surface area contributed by atoms with E-state index in [4.69, 9.17) is 0 Å². The van der Waals surface area contributed by atoms with Gasteiger partial charge >= 0.3 is 0 Å². The third-order valence-corrected chi connectivity index (χ3v) is 4.36. The molecule has 0 spiro atoms. The normalized spacial score (nSPS) is 10.9. The fourth-order valence-electron chi connectivity index (χ4n) is 3.03. The lowest BCUT2D eigenvalue weighted by Gasteiger charge is -2.22. The van der Waals surface area contributed by atoms with Crippen LogP contribution in [0.25, 0.3) is 10.9 Å². The number of carbonyl (C=O) groups excluding carboxylic acids is 1. The summed E-state index contributed by atoms with van der Waals surface area (Å²) in [6.07, 6.45) is 0. The zero-order valence-corrected chi connectivity index (χ0v) is 15.0. The number of H-pyrrole nitrogens is 1. The predicted octanol–water partition coefficient (Wildman–Crippen LogP) is 2.78. The minimum absolute atomic E-state index is 0.145. The van der Waals surface area contributed by atoms with Crippen LogP contribution in [0.1, 0.15) is 27.0 Å². The highest BCUT2D eigenvalue weighted by molar-refractivity contribution is 5.94. The number of fused-ring (bicyclic) bond motifs is 1. The SMILES string of the molecule is Cc1cccc(C(=O)N(CCO)Cc2cc3cc(C)ccc3[nH]c2=O)c1. The Balaban J connectivity index is 1.95. The maximum atomic E-state index is 12.8. The topological polar surface area (TPSA) is 73.4 Å². The average molecular weight is 350 g/mol. The van der Waals surface area contributed by atoms with E-state index in [0.29, 0.717) is 11.1 Å². The van der Waals surface area contributed by atoms with Gasteiger partial charge < -0.3 is 15.0 Å². The summed E-state index contributed by atoms with van der Waals surface area (Å²) in [7, 11) is 0. The lowest BCUT2D eigenvalue weighted by atomic mass is 10.1. The number of pyridine rings is 1. The molecule has 0 unspecified atom stereocenters. The molecule has 0 fully saturated rings. The number of carbonyl (C=O) groups is 1. The zero-order chi connectivity index (χ0) is 18.7. The van der Waals surface area contributed by atoms with Crippen molar-refractivity contribution in [1.29, 1.82) is 0 Å². The minimum atomic E-state index is -0.221. The highest BCUT2D eigenvalue weighted by Gasteiger charge is 2.17. The van der Waals surface area contributed by atoms with Gasteiger partial charge in [-0.3, -0.25) is 9.59 Å². The molecule has 26 heavy (non-hydrogen) atoms. The molecular weight excluding hydrogens is 328 g/mol. The quantitative estimate of drug-likeness (QED) is 0.743. The number of aliphatic hydroxyl groups is 1. The van der Waals surface area contributed by atoms with Crippen LogP contribution in [0.4, 0.5) is 0 Å². The Morgan fingerprint density at radius 2 is 1.85 bits per heavy atom. The summed E-state index contributed by atoms with van der Waals surface area (Å²) in [5.74, 6) is -0.202. The fraction of sp³-hybridized carbons (Fsp3) is 0.238. The zero-order valence-electron chi connectivity index (χ0n) is 15.0. The highest BCUT2D eigenvalue weighted by atomic mass is 16.3. The summed E-state index contributed by atoms with van der Waals surface area (Å²) >= 11 is 0. The van der Waals surface area contributed by atoms with Gasteiger partial charge in [-0.2, -0.15) is 0 Å². The number of hydrogen-bond donors (Lipinski definition) is 2. The number of hydrogen-bond acceptors (Lipinski definition) is 3. The van der Waals surface area contributed by atoms with Gasteiger partial charge in [0, 0.05) is 23.2 Å². The number of nitrogens with zero attached hydrogens (tertiary/aromatic N) is 1. The Labute approximate surface area is 151 Å². The van der Waals surface area contributed by atoms with E-state index in [-0.39, 0.29) is 31.2 Å². The van der Waals surface area contributed by atoms with Gasteiger partial charge in [-0.25, -0.2) is 0 Å². The summed E-state index contributed by atoms with van der Waals surface area (Å²) < 4.78 is 0. The molecule has 0 radical (unpaired) electrons. The molecule has 3 rings (SSSR count). The molecule has 134 valence electrons.